The molecule has 29 heavy (non-hydrogen) atoms. The summed E-state index contributed by atoms with van der Waals surface area (Å²) in [5.41, 5.74) is 3.10. The van der Waals surface area contributed by atoms with E-state index in [1.165, 1.54) is 0 Å². The smallest absolute Gasteiger partial charge is 0.259 e. The standard InChI is InChI=1S/C21H19N5O3/c1-26-10-9-17(24-26)23-20(27)15-11-16(12-3-4-12)22-21-18(15)19(25-29-21)13-5-7-14(28-2)8-6-13/h5-12H,3-4H2,1-2H3,(H,23,24,27). The predicted octanol–water partition coefficient (Wildman–Crippen LogP) is 3.76. The number of pyridine rings is 1. The zero-order valence-corrected chi connectivity index (χ0v) is 16.0. The van der Waals surface area contributed by atoms with Crippen molar-refractivity contribution in [3.63, 3.8) is 0 Å². The van der Waals surface area contributed by atoms with Crippen LogP contribution in [0.15, 0.2) is 47.1 Å². The first kappa shape index (κ1) is 17.4. The topological polar surface area (TPSA) is 95.1 Å². The van der Waals surface area contributed by atoms with Crippen LogP contribution in [-0.4, -0.2) is 32.9 Å². The number of hydrogen-bond donors (Lipinski definition) is 1. The average Bonchev–Trinajstić information content (AvgIpc) is 3.38. The molecule has 8 heteroatoms. The number of ether oxygens (including phenoxy) is 1. The third-order valence-corrected chi connectivity index (χ3v) is 5.03. The summed E-state index contributed by atoms with van der Waals surface area (Å²) in [5.74, 6) is 1.33. The highest BCUT2D eigenvalue weighted by atomic mass is 16.5. The van der Waals surface area contributed by atoms with Crippen LogP contribution in [-0.2, 0) is 7.05 Å². The van der Waals surface area contributed by atoms with Gasteiger partial charge in [-0.15, -0.1) is 0 Å². The number of hydrogen-bond acceptors (Lipinski definition) is 6. The van der Waals surface area contributed by atoms with Gasteiger partial charge in [-0.3, -0.25) is 9.48 Å². The van der Waals surface area contributed by atoms with Gasteiger partial charge in [0.1, 0.15) is 11.4 Å². The first-order valence-electron chi connectivity index (χ1n) is 9.38. The Bertz CT molecular complexity index is 1210. The van der Waals surface area contributed by atoms with Crippen molar-refractivity contribution < 1.29 is 14.1 Å². The molecule has 1 aromatic carbocycles. The first-order valence-corrected chi connectivity index (χ1v) is 9.38. The Morgan fingerprint density at radius 2 is 2.03 bits per heavy atom. The number of nitrogens with zero attached hydrogens (tertiary/aromatic N) is 4. The van der Waals surface area contributed by atoms with Crippen LogP contribution in [0.3, 0.4) is 0 Å². The largest absolute Gasteiger partial charge is 0.497 e. The van der Waals surface area contributed by atoms with Crippen LogP contribution in [0.25, 0.3) is 22.4 Å². The van der Waals surface area contributed by atoms with Gasteiger partial charge in [0.15, 0.2) is 5.82 Å². The second-order valence-electron chi connectivity index (χ2n) is 7.14. The van der Waals surface area contributed by atoms with Crippen molar-refractivity contribution in [2.24, 2.45) is 7.05 Å². The molecule has 8 nitrogen and oxygen atoms in total. The molecule has 1 N–H and O–H groups in total. The number of fused-ring (bicyclic) bond motifs is 1. The van der Waals surface area contributed by atoms with E-state index in [0.29, 0.717) is 34.1 Å². The summed E-state index contributed by atoms with van der Waals surface area (Å²) < 4.78 is 12.4. The molecule has 0 bridgehead atoms. The molecule has 1 amide bonds. The Balaban J connectivity index is 1.62. The lowest BCUT2D eigenvalue weighted by molar-refractivity contribution is 0.102. The van der Waals surface area contributed by atoms with Gasteiger partial charge in [-0.2, -0.15) is 5.10 Å². The van der Waals surface area contributed by atoms with E-state index in [1.54, 1.807) is 31.1 Å². The van der Waals surface area contributed by atoms with Crippen molar-refractivity contribution in [3.05, 3.63) is 53.9 Å². The fraction of sp³-hybridized carbons (Fsp3) is 0.238. The van der Waals surface area contributed by atoms with Crippen LogP contribution < -0.4 is 10.1 Å². The molecule has 3 heterocycles. The van der Waals surface area contributed by atoms with Gasteiger partial charge in [0.2, 0.25) is 0 Å². The van der Waals surface area contributed by atoms with E-state index in [9.17, 15) is 4.79 Å². The zero-order chi connectivity index (χ0) is 20.0. The lowest BCUT2D eigenvalue weighted by Gasteiger charge is -2.07. The Hall–Kier alpha value is -3.68. The Labute approximate surface area is 166 Å². The normalized spacial score (nSPS) is 13.6. The summed E-state index contributed by atoms with van der Waals surface area (Å²) in [5, 5.41) is 11.9. The third kappa shape index (κ3) is 3.22. The molecule has 1 fully saturated rings. The van der Waals surface area contributed by atoms with Crippen molar-refractivity contribution in [3.8, 4) is 17.0 Å². The highest BCUT2D eigenvalue weighted by molar-refractivity contribution is 6.14. The summed E-state index contributed by atoms with van der Waals surface area (Å²) in [7, 11) is 3.41. The van der Waals surface area contributed by atoms with E-state index in [2.05, 4.69) is 20.6 Å². The second-order valence-corrected chi connectivity index (χ2v) is 7.14. The number of carbonyl (C=O) groups is 1. The molecule has 3 aromatic heterocycles. The monoisotopic (exact) mass is 389 g/mol. The number of aromatic nitrogens is 4. The first-order chi connectivity index (χ1) is 14.1. The maximum Gasteiger partial charge on any atom is 0.259 e. The molecule has 0 unspecified atom stereocenters. The van der Waals surface area contributed by atoms with Crippen LogP contribution in [0, 0.1) is 0 Å². The minimum Gasteiger partial charge on any atom is -0.497 e. The van der Waals surface area contributed by atoms with Gasteiger partial charge in [0, 0.05) is 36.5 Å². The molecule has 0 spiro atoms. The number of amides is 1. The zero-order valence-electron chi connectivity index (χ0n) is 16.0. The van der Waals surface area contributed by atoms with E-state index in [0.717, 1.165) is 29.8 Å². The van der Waals surface area contributed by atoms with Crippen molar-refractivity contribution in [2.45, 2.75) is 18.8 Å². The van der Waals surface area contributed by atoms with Gasteiger partial charge < -0.3 is 14.6 Å². The van der Waals surface area contributed by atoms with E-state index in [-0.39, 0.29) is 5.91 Å². The molecule has 0 aliphatic heterocycles. The molecule has 0 radical (unpaired) electrons. The average molecular weight is 389 g/mol. The molecule has 1 aliphatic rings. The second kappa shape index (κ2) is 6.73. The molecule has 1 saturated carbocycles. The molecule has 4 aromatic rings. The molecular formula is C21H19N5O3. The van der Waals surface area contributed by atoms with E-state index < -0.39 is 0 Å². The van der Waals surface area contributed by atoms with Gasteiger partial charge in [0.05, 0.1) is 18.1 Å². The summed E-state index contributed by atoms with van der Waals surface area (Å²) in [6.07, 6.45) is 3.91. The Morgan fingerprint density at radius 1 is 1.24 bits per heavy atom. The molecular weight excluding hydrogens is 370 g/mol. The van der Waals surface area contributed by atoms with Crippen LogP contribution >= 0.6 is 0 Å². The highest BCUT2D eigenvalue weighted by Crippen LogP contribution is 2.41. The lowest BCUT2D eigenvalue weighted by Crippen LogP contribution is -2.14. The number of aryl methyl sites for hydroxylation is 1. The van der Waals surface area contributed by atoms with E-state index in [1.807, 2.05) is 30.3 Å². The number of methoxy groups -OCH3 is 1. The number of rotatable bonds is 5. The molecule has 146 valence electrons. The Morgan fingerprint density at radius 3 is 2.69 bits per heavy atom. The van der Waals surface area contributed by atoms with Crippen LogP contribution in [0.5, 0.6) is 5.75 Å². The van der Waals surface area contributed by atoms with Gasteiger partial charge in [0.25, 0.3) is 11.6 Å². The SMILES string of the molecule is COc1ccc(-c2noc3nc(C4CC4)cc(C(=O)Nc4ccn(C)n4)c23)cc1. The quantitative estimate of drug-likeness (QED) is 0.558. The number of benzene rings is 1. The molecule has 0 atom stereocenters. The van der Waals surface area contributed by atoms with Gasteiger partial charge >= 0.3 is 0 Å². The van der Waals surface area contributed by atoms with Crippen molar-refractivity contribution in [2.75, 3.05) is 12.4 Å². The van der Waals surface area contributed by atoms with Crippen molar-refractivity contribution >= 4 is 22.8 Å². The summed E-state index contributed by atoms with van der Waals surface area (Å²) in [6.45, 7) is 0. The minimum absolute atomic E-state index is 0.268. The van der Waals surface area contributed by atoms with Crippen LogP contribution in [0.2, 0.25) is 0 Å². The highest BCUT2D eigenvalue weighted by Gasteiger charge is 2.29. The summed E-state index contributed by atoms with van der Waals surface area (Å²) in [6, 6.07) is 11.0. The van der Waals surface area contributed by atoms with Crippen LogP contribution in [0.1, 0.15) is 34.8 Å². The molecule has 1 aliphatic carbocycles. The van der Waals surface area contributed by atoms with Crippen molar-refractivity contribution in [1.29, 1.82) is 0 Å². The third-order valence-electron chi connectivity index (χ3n) is 5.03. The number of carbonyl (C=O) groups excluding carboxylic acids is 1. The minimum atomic E-state index is -0.268. The molecule has 0 saturated heterocycles. The predicted molar refractivity (Wildman–Crippen MR) is 107 cm³/mol. The fourth-order valence-corrected chi connectivity index (χ4v) is 3.35. The molecule has 5 rings (SSSR count). The van der Waals surface area contributed by atoms with E-state index >= 15 is 0 Å². The van der Waals surface area contributed by atoms with E-state index in [4.69, 9.17) is 9.26 Å². The maximum atomic E-state index is 13.1. The lowest BCUT2D eigenvalue weighted by atomic mass is 10.0. The fourth-order valence-electron chi connectivity index (χ4n) is 3.35. The van der Waals surface area contributed by atoms with Gasteiger partial charge in [-0.1, -0.05) is 5.16 Å². The maximum absolute atomic E-state index is 13.1. The Kier molecular flexibility index (Phi) is 4.04. The van der Waals surface area contributed by atoms with Gasteiger partial charge in [-0.05, 0) is 43.2 Å². The van der Waals surface area contributed by atoms with Crippen molar-refractivity contribution in [1.82, 2.24) is 19.9 Å². The summed E-state index contributed by atoms with van der Waals surface area (Å²) >= 11 is 0. The summed E-state index contributed by atoms with van der Waals surface area (Å²) in [4.78, 5) is 17.8. The van der Waals surface area contributed by atoms with Gasteiger partial charge in [-0.25, -0.2) is 4.98 Å². The number of anilines is 1. The van der Waals surface area contributed by atoms with Crippen LogP contribution in [0.4, 0.5) is 5.82 Å². The number of nitrogens with one attached hydrogen (secondary N) is 1.